The molecular weight excluding hydrogens is 249 g/mol. The van der Waals surface area contributed by atoms with Gasteiger partial charge in [-0.2, -0.15) is 0 Å². The van der Waals surface area contributed by atoms with Gasteiger partial charge in [0.2, 0.25) is 5.91 Å². The van der Waals surface area contributed by atoms with Crippen LogP contribution in [0.15, 0.2) is 12.1 Å². The molecule has 0 aromatic heterocycles. The Balaban J connectivity index is 1.94. The molecule has 0 spiro atoms. The van der Waals surface area contributed by atoms with E-state index in [4.69, 9.17) is 4.74 Å². The Kier molecular flexibility index (Phi) is 3.06. The number of nitrogens with one attached hydrogen (secondary N) is 1. The summed E-state index contributed by atoms with van der Waals surface area (Å²) < 4.78 is 19.2. The lowest BCUT2D eigenvalue weighted by Crippen LogP contribution is -2.21. The van der Waals surface area contributed by atoms with Crippen molar-refractivity contribution in [1.82, 2.24) is 0 Å². The van der Waals surface area contributed by atoms with E-state index in [0.29, 0.717) is 38.2 Å². The molecule has 0 bridgehead atoms. The van der Waals surface area contributed by atoms with Gasteiger partial charge in [0.1, 0.15) is 5.82 Å². The first-order chi connectivity index (χ1) is 9.15. The maximum Gasteiger partial charge on any atom is 0.224 e. The largest absolute Gasteiger partial charge is 0.381 e. The van der Waals surface area contributed by atoms with Gasteiger partial charge < -0.3 is 10.1 Å². The Morgan fingerprint density at radius 1 is 1.37 bits per heavy atom. The second-order valence-corrected chi connectivity index (χ2v) is 4.96. The van der Waals surface area contributed by atoms with Gasteiger partial charge in [0, 0.05) is 24.6 Å². The number of hydrogen-bond donors (Lipinski definition) is 1. The van der Waals surface area contributed by atoms with Crippen LogP contribution in [0.1, 0.15) is 28.8 Å². The van der Waals surface area contributed by atoms with Crippen molar-refractivity contribution < 1.29 is 18.7 Å². The lowest BCUT2D eigenvalue weighted by Gasteiger charge is -2.18. The quantitative estimate of drug-likeness (QED) is 0.829. The standard InChI is InChI=1S/C14H14FNO3/c15-11-6-12-8(1-2-13(17)16-12)5-10(11)14(18)9-3-4-19-7-9/h5-6,9H,1-4,7H2,(H,16,17). The van der Waals surface area contributed by atoms with E-state index >= 15 is 0 Å². The summed E-state index contributed by atoms with van der Waals surface area (Å²) in [7, 11) is 0. The summed E-state index contributed by atoms with van der Waals surface area (Å²) in [6.45, 7) is 0.922. The van der Waals surface area contributed by atoms with Crippen LogP contribution in [0.5, 0.6) is 0 Å². The maximum atomic E-state index is 14.0. The van der Waals surface area contributed by atoms with E-state index in [1.165, 1.54) is 6.07 Å². The lowest BCUT2D eigenvalue weighted by molar-refractivity contribution is -0.116. The smallest absolute Gasteiger partial charge is 0.224 e. The highest BCUT2D eigenvalue weighted by atomic mass is 19.1. The molecule has 3 rings (SSSR count). The van der Waals surface area contributed by atoms with Gasteiger partial charge >= 0.3 is 0 Å². The van der Waals surface area contributed by atoms with Crippen molar-refractivity contribution in [3.05, 3.63) is 29.1 Å². The normalized spacial score (nSPS) is 21.9. The summed E-state index contributed by atoms with van der Waals surface area (Å²) in [5.74, 6) is -1.13. The van der Waals surface area contributed by atoms with E-state index in [2.05, 4.69) is 5.32 Å². The van der Waals surface area contributed by atoms with E-state index in [1.54, 1.807) is 6.07 Å². The van der Waals surface area contributed by atoms with Gasteiger partial charge in [0.15, 0.2) is 5.78 Å². The summed E-state index contributed by atoms with van der Waals surface area (Å²) in [5.41, 5.74) is 1.42. The molecule has 1 aromatic rings. The summed E-state index contributed by atoms with van der Waals surface area (Å²) >= 11 is 0. The van der Waals surface area contributed by atoms with Gasteiger partial charge in [-0.15, -0.1) is 0 Å². The molecule has 2 heterocycles. The van der Waals surface area contributed by atoms with Crippen molar-refractivity contribution in [2.45, 2.75) is 19.3 Å². The molecule has 0 radical (unpaired) electrons. The number of amides is 1. The molecule has 1 amide bonds. The molecule has 1 unspecified atom stereocenters. The highest BCUT2D eigenvalue weighted by molar-refractivity contribution is 6.00. The average molecular weight is 263 g/mol. The van der Waals surface area contributed by atoms with Crippen molar-refractivity contribution >= 4 is 17.4 Å². The number of rotatable bonds is 2. The van der Waals surface area contributed by atoms with Gasteiger partial charge in [-0.1, -0.05) is 0 Å². The number of anilines is 1. The van der Waals surface area contributed by atoms with Crippen molar-refractivity contribution in [3.63, 3.8) is 0 Å². The number of aryl methyl sites for hydroxylation is 1. The van der Waals surface area contributed by atoms with Crippen molar-refractivity contribution in [3.8, 4) is 0 Å². The third-order valence-electron chi connectivity index (χ3n) is 3.65. The lowest BCUT2D eigenvalue weighted by atomic mass is 9.92. The van der Waals surface area contributed by atoms with Gasteiger partial charge in [-0.05, 0) is 30.5 Å². The number of benzene rings is 1. The average Bonchev–Trinajstić information content (AvgIpc) is 2.91. The van der Waals surface area contributed by atoms with Crippen LogP contribution in [-0.2, 0) is 16.0 Å². The number of ketones is 1. The molecule has 19 heavy (non-hydrogen) atoms. The number of Topliss-reactive ketones (excluding diaryl/α,β-unsaturated/α-hetero) is 1. The summed E-state index contributed by atoms with van der Waals surface area (Å²) in [4.78, 5) is 23.5. The number of ether oxygens (including phenoxy) is 1. The fourth-order valence-electron chi connectivity index (χ4n) is 2.55. The number of halogens is 1. The van der Waals surface area contributed by atoms with Crippen LogP contribution in [0.25, 0.3) is 0 Å². The number of carbonyl (C=O) groups excluding carboxylic acids is 2. The monoisotopic (exact) mass is 263 g/mol. The van der Waals surface area contributed by atoms with Crippen LogP contribution < -0.4 is 5.32 Å². The number of carbonyl (C=O) groups is 2. The Morgan fingerprint density at radius 3 is 2.95 bits per heavy atom. The first kappa shape index (κ1) is 12.3. The van der Waals surface area contributed by atoms with Gasteiger partial charge in [-0.25, -0.2) is 4.39 Å². The third-order valence-corrected chi connectivity index (χ3v) is 3.65. The Morgan fingerprint density at radius 2 is 2.21 bits per heavy atom. The topological polar surface area (TPSA) is 55.4 Å². The van der Waals surface area contributed by atoms with Crippen LogP contribution in [-0.4, -0.2) is 24.9 Å². The third kappa shape index (κ3) is 2.26. The molecule has 2 aliphatic heterocycles. The van der Waals surface area contributed by atoms with E-state index in [0.717, 1.165) is 5.56 Å². The first-order valence-electron chi connectivity index (χ1n) is 6.39. The van der Waals surface area contributed by atoms with Crippen molar-refractivity contribution in [2.24, 2.45) is 5.92 Å². The van der Waals surface area contributed by atoms with Crippen LogP contribution in [0.3, 0.4) is 0 Å². The number of hydrogen-bond acceptors (Lipinski definition) is 3. The molecule has 1 fully saturated rings. The molecule has 1 saturated heterocycles. The second kappa shape index (κ2) is 4.74. The summed E-state index contributed by atoms with van der Waals surface area (Å²) in [6.07, 6.45) is 1.56. The Labute approximate surface area is 109 Å². The fourth-order valence-corrected chi connectivity index (χ4v) is 2.55. The first-order valence-corrected chi connectivity index (χ1v) is 6.39. The van der Waals surface area contributed by atoms with Crippen LogP contribution >= 0.6 is 0 Å². The summed E-state index contributed by atoms with van der Waals surface area (Å²) in [5, 5.41) is 2.62. The molecular formula is C14H14FNO3. The van der Waals surface area contributed by atoms with Crippen molar-refractivity contribution in [2.75, 3.05) is 18.5 Å². The zero-order chi connectivity index (χ0) is 13.4. The van der Waals surface area contributed by atoms with E-state index in [1.807, 2.05) is 0 Å². The second-order valence-electron chi connectivity index (χ2n) is 4.96. The van der Waals surface area contributed by atoms with Crippen LogP contribution in [0.2, 0.25) is 0 Å². The maximum absolute atomic E-state index is 14.0. The molecule has 0 saturated carbocycles. The minimum Gasteiger partial charge on any atom is -0.381 e. The molecule has 2 aliphatic rings. The zero-order valence-electron chi connectivity index (χ0n) is 10.4. The van der Waals surface area contributed by atoms with E-state index < -0.39 is 5.82 Å². The molecule has 100 valence electrons. The molecule has 0 aliphatic carbocycles. The molecule has 1 atom stereocenters. The highest BCUT2D eigenvalue weighted by Crippen LogP contribution is 2.28. The minimum atomic E-state index is -0.571. The van der Waals surface area contributed by atoms with Gasteiger partial charge in [-0.3, -0.25) is 9.59 Å². The molecule has 5 heteroatoms. The predicted molar refractivity (Wildman–Crippen MR) is 66.6 cm³/mol. The van der Waals surface area contributed by atoms with E-state index in [-0.39, 0.29) is 23.2 Å². The van der Waals surface area contributed by atoms with Gasteiger partial charge in [0.05, 0.1) is 12.2 Å². The molecule has 1 aromatic carbocycles. The SMILES string of the molecule is O=C1CCc2cc(C(=O)C3CCOC3)c(F)cc2N1. The fraction of sp³-hybridized carbons (Fsp3) is 0.429. The Bertz CT molecular complexity index is 550. The van der Waals surface area contributed by atoms with Crippen LogP contribution in [0, 0.1) is 11.7 Å². The molecule has 1 N–H and O–H groups in total. The zero-order valence-corrected chi connectivity index (χ0v) is 10.4. The molecule has 4 nitrogen and oxygen atoms in total. The Hall–Kier alpha value is -1.75. The van der Waals surface area contributed by atoms with Gasteiger partial charge in [0.25, 0.3) is 0 Å². The number of fused-ring (bicyclic) bond motifs is 1. The highest BCUT2D eigenvalue weighted by Gasteiger charge is 2.28. The van der Waals surface area contributed by atoms with Crippen molar-refractivity contribution in [1.29, 1.82) is 0 Å². The van der Waals surface area contributed by atoms with E-state index in [9.17, 15) is 14.0 Å². The predicted octanol–water partition coefficient (Wildman–Crippen LogP) is 1.93. The minimum absolute atomic E-state index is 0.116. The van der Waals surface area contributed by atoms with Crippen LogP contribution in [0.4, 0.5) is 10.1 Å². The summed E-state index contributed by atoms with van der Waals surface area (Å²) in [6, 6.07) is 2.82.